The van der Waals surface area contributed by atoms with E-state index in [1.165, 1.54) is 12.1 Å². The fourth-order valence-corrected chi connectivity index (χ4v) is 4.97. The van der Waals surface area contributed by atoms with E-state index < -0.39 is 6.10 Å². The van der Waals surface area contributed by atoms with E-state index >= 15 is 0 Å². The summed E-state index contributed by atoms with van der Waals surface area (Å²) in [6.45, 7) is 3.46. The zero-order chi connectivity index (χ0) is 24.5. The van der Waals surface area contributed by atoms with Gasteiger partial charge in [-0.2, -0.15) is 0 Å². The molecule has 2 aliphatic rings. The molecule has 5 rings (SSSR count). The summed E-state index contributed by atoms with van der Waals surface area (Å²) in [6, 6.07) is 11.8. The second kappa shape index (κ2) is 9.54. The second-order valence-corrected chi connectivity index (χ2v) is 9.14. The molecule has 2 aromatic carbocycles. The number of amides is 1. The van der Waals surface area contributed by atoms with Crippen LogP contribution in [0.15, 0.2) is 60.6 Å². The normalized spacial score (nSPS) is 21.7. The molecule has 1 aromatic heterocycles. The van der Waals surface area contributed by atoms with Crippen molar-refractivity contribution in [3.8, 4) is 11.4 Å². The number of ether oxygens (including phenoxy) is 1. The molecule has 0 saturated carbocycles. The predicted molar refractivity (Wildman–Crippen MR) is 132 cm³/mol. The maximum absolute atomic E-state index is 13.4. The Morgan fingerprint density at radius 3 is 2.69 bits per heavy atom. The highest BCUT2D eigenvalue weighted by molar-refractivity contribution is 5.99. The highest BCUT2D eigenvalue weighted by atomic mass is 19.1. The van der Waals surface area contributed by atoms with Gasteiger partial charge in [0.05, 0.1) is 37.0 Å². The number of aliphatic hydroxyl groups is 1. The largest absolute Gasteiger partial charge is 0.495 e. The van der Waals surface area contributed by atoms with Crippen molar-refractivity contribution in [3.63, 3.8) is 0 Å². The number of hydrogen-bond donors (Lipinski definition) is 1. The van der Waals surface area contributed by atoms with Gasteiger partial charge in [-0.1, -0.05) is 6.07 Å². The summed E-state index contributed by atoms with van der Waals surface area (Å²) in [7, 11) is 1.63. The van der Waals surface area contributed by atoms with E-state index in [1.807, 2.05) is 46.9 Å². The lowest BCUT2D eigenvalue weighted by atomic mass is 9.98. The van der Waals surface area contributed by atoms with Gasteiger partial charge >= 0.3 is 0 Å². The van der Waals surface area contributed by atoms with Crippen molar-refractivity contribution in [1.82, 2.24) is 14.5 Å². The maximum atomic E-state index is 13.4. The number of carbonyl (C=O) groups excluding carboxylic acids is 1. The van der Waals surface area contributed by atoms with Crippen LogP contribution in [0.25, 0.3) is 11.8 Å². The molecule has 2 aliphatic heterocycles. The quantitative estimate of drug-likeness (QED) is 0.570. The Kier molecular flexibility index (Phi) is 6.30. The summed E-state index contributed by atoms with van der Waals surface area (Å²) >= 11 is 0. The number of piperidine rings is 1. The molecule has 182 valence electrons. The number of methoxy groups -OCH3 is 1. The van der Waals surface area contributed by atoms with E-state index in [1.54, 1.807) is 30.5 Å². The highest BCUT2D eigenvalue weighted by Gasteiger charge is 2.39. The lowest BCUT2D eigenvalue weighted by Gasteiger charge is -2.35. The number of rotatable bonds is 5. The average molecular weight is 477 g/mol. The number of hydrogen-bond acceptors (Lipinski definition) is 5. The fourth-order valence-electron chi connectivity index (χ4n) is 4.97. The third-order valence-electron chi connectivity index (χ3n) is 6.77. The molecule has 0 aliphatic carbocycles. The third kappa shape index (κ3) is 4.66. The molecule has 7 nitrogen and oxygen atoms in total. The van der Waals surface area contributed by atoms with Gasteiger partial charge in [-0.25, -0.2) is 9.37 Å². The molecule has 0 unspecified atom stereocenters. The van der Waals surface area contributed by atoms with Gasteiger partial charge < -0.3 is 24.2 Å². The van der Waals surface area contributed by atoms with Gasteiger partial charge in [0.1, 0.15) is 11.6 Å². The number of β-amino-alcohol motifs (C(OH)–C–C–N with tert-alkyl or cyclic N) is 1. The molecule has 0 spiro atoms. The minimum Gasteiger partial charge on any atom is -0.495 e. The number of aryl methyl sites for hydroxylation is 1. The van der Waals surface area contributed by atoms with Crippen molar-refractivity contribution in [2.24, 2.45) is 0 Å². The van der Waals surface area contributed by atoms with Crippen molar-refractivity contribution in [1.29, 1.82) is 0 Å². The Balaban J connectivity index is 1.35. The minimum atomic E-state index is -0.665. The van der Waals surface area contributed by atoms with Gasteiger partial charge in [-0.05, 0) is 67.8 Å². The fraction of sp³-hybridized carbons (Fsp3) is 0.333. The van der Waals surface area contributed by atoms with Gasteiger partial charge in [-0.3, -0.25) is 4.79 Å². The molecule has 8 heteroatoms. The van der Waals surface area contributed by atoms with Crippen molar-refractivity contribution >= 4 is 17.7 Å². The number of likely N-dealkylation sites (tertiary alicyclic amines) is 1. The van der Waals surface area contributed by atoms with E-state index in [4.69, 9.17) is 4.74 Å². The van der Waals surface area contributed by atoms with Gasteiger partial charge in [0, 0.05) is 37.1 Å². The maximum Gasteiger partial charge on any atom is 0.250 e. The summed E-state index contributed by atoms with van der Waals surface area (Å²) in [5, 5.41) is 10.8. The topological polar surface area (TPSA) is 70.8 Å². The molecule has 0 radical (unpaired) electrons. The number of aromatic nitrogens is 2. The number of aliphatic hydroxyl groups excluding tert-OH is 1. The van der Waals surface area contributed by atoms with Crippen LogP contribution in [-0.2, 0) is 4.79 Å². The van der Waals surface area contributed by atoms with Crippen molar-refractivity contribution < 1.29 is 19.0 Å². The van der Waals surface area contributed by atoms with Crippen molar-refractivity contribution in [2.45, 2.75) is 31.9 Å². The van der Waals surface area contributed by atoms with Crippen LogP contribution in [0.5, 0.6) is 5.75 Å². The Bertz CT molecular complexity index is 1250. The van der Waals surface area contributed by atoms with E-state index in [9.17, 15) is 14.3 Å². The summed E-state index contributed by atoms with van der Waals surface area (Å²) in [5.74, 6) is 0.350. The summed E-state index contributed by atoms with van der Waals surface area (Å²) in [5.41, 5.74) is 4.23. The number of benzene rings is 2. The predicted octanol–water partition coefficient (Wildman–Crippen LogP) is 3.58. The molecule has 3 heterocycles. The van der Waals surface area contributed by atoms with E-state index in [0.717, 1.165) is 34.6 Å². The van der Waals surface area contributed by atoms with Crippen LogP contribution in [0.3, 0.4) is 0 Å². The SMILES string of the molecule is COc1cc(/C=C2\CCCN([C@H]3CN(c4ccc(F)cc4)C[C@@H]3O)C2=O)ccc1-n1cnc(C)c1. The third-order valence-corrected chi connectivity index (χ3v) is 6.77. The molecular formula is C27H29FN4O3. The lowest BCUT2D eigenvalue weighted by Crippen LogP contribution is -2.49. The van der Waals surface area contributed by atoms with Gasteiger partial charge in [-0.15, -0.1) is 0 Å². The molecule has 3 aromatic rings. The second-order valence-electron chi connectivity index (χ2n) is 9.14. The molecule has 2 saturated heterocycles. The monoisotopic (exact) mass is 476 g/mol. The van der Waals surface area contributed by atoms with Gasteiger partial charge in [0.15, 0.2) is 0 Å². The number of carbonyl (C=O) groups is 1. The first-order valence-electron chi connectivity index (χ1n) is 11.8. The Morgan fingerprint density at radius 2 is 1.97 bits per heavy atom. The molecular weight excluding hydrogens is 447 g/mol. The molecule has 1 N–H and O–H groups in total. The van der Waals surface area contributed by atoms with Crippen LogP contribution < -0.4 is 9.64 Å². The van der Waals surface area contributed by atoms with Crippen molar-refractivity contribution in [3.05, 3.63) is 77.6 Å². The smallest absolute Gasteiger partial charge is 0.250 e. The van der Waals surface area contributed by atoms with Gasteiger partial charge in [0.2, 0.25) is 5.91 Å². The van der Waals surface area contributed by atoms with Crippen LogP contribution in [0.1, 0.15) is 24.1 Å². The molecule has 2 atom stereocenters. The van der Waals surface area contributed by atoms with Crippen LogP contribution >= 0.6 is 0 Å². The Labute approximate surface area is 204 Å². The van der Waals surface area contributed by atoms with Crippen LogP contribution in [0, 0.1) is 12.7 Å². The molecule has 35 heavy (non-hydrogen) atoms. The standard InChI is InChI=1S/C27H29FN4O3/c1-18-14-31(17-29-18)23-10-5-19(13-26(23)35-2)12-20-4-3-11-32(27(20)34)24-15-30(16-25(24)33)22-8-6-21(28)7-9-22/h5-10,12-14,17,24-25,33H,3-4,11,15-16H2,1-2H3/b20-12+/t24-,25-/m0/s1. The molecule has 2 fully saturated rings. The highest BCUT2D eigenvalue weighted by Crippen LogP contribution is 2.30. The number of imidazole rings is 1. The Hall–Kier alpha value is -3.65. The zero-order valence-corrected chi connectivity index (χ0v) is 19.9. The van der Waals surface area contributed by atoms with E-state index in [-0.39, 0.29) is 17.8 Å². The minimum absolute atomic E-state index is 0.0467. The Morgan fingerprint density at radius 1 is 1.17 bits per heavy atom. The average Bonchev–Trinajstić information content (AvgIpc) is 3.46. The van der Waals surface area contributed by atoms with Crippen LogP contribution in [0.4, 0.5) is 10.1 Å². The number of anilines is 1. The van der Waals surface area contributed by atoms with Crippen molar-refractivity contribution in [2.75, 3.05) is 31.6 Å². The summed E-state index contributed by atoms with van der Waals surface area (Å²) < 4.78 is 20.8. The number of nitrogens with zero attached hydrogens (tertiary/aromatic N) is 4. The first kappa shape index (κ1) is 23.1. The van der Waals surface area contributed by atoms with E-state index in [0.29, 0.717) is 31.8 Å². The lowest BCUT2D eigenvalue weighted by molar-refractivity contribution is -0.132. The zero-order valence-electron chi connectivity index (χ0n) is 19.9. The van der Waals surface area contributed by atoms with E-state index in [2.05, 4.69) is 4.98 Å². The van der Waals surface area contributed by atoms with Gasteiger partial charge in [0.25, 0.3) is 0 Å². The first-order valence-corrected chi connectivity index (χ1v) is 11.8. The summed E-state index contributed by atoms with van der Waals surface area (Å²) in [6.07, 6.45) is 6.45. The molecule has 0 bridgehead atoms. The van der Waals surface area contributed by atoms with Crippen LogP contribution in [0.2, 0.25) is 0 Å². The molecule has 1 amide bonds. The van der Waals surface area contributed by atoms with Crippen LogP contribution in [-0.4, -0.2) is 64.4 Å². The number of halogens is 1. The first-order chi connectivity index (χ1) is 16.9. The summed E-state index contributed by atoms with van der Waals surface area (Å²) in [4.78, 5) is 21.5.